The minimum Gasteiger partial charge on any atom is -0.481 e. The summed E-state index contributed by atoms with van der Waals surface area (Å²) in [5.41, 5.74) is -0.0663. The van der Waals surface area contributed by atoms with Gasteiger partial charge in [0.05, 0.1) is 13.5 Å². The summed E-state index contributed by atoms with van der Waals surface area (Å²) in [6, 6.07) is 2.57. The van der Waals surface area contributed by atoms with Gasteiger partial charge in [0.1, 0.15) is 0 Å². The predicted molar refractivity (Wildman–Crippen MR) is 50.8 cm³/mol. The Kier molecular flexibility index (Phi) is 3.82. The maximum atomic E-state index is 11.9. The Morgan fingerprint density at radius 2 is 2.00 bits per heavy atom. The third-order valence-corrected chi connectivity index (χ3v) is 1.90. The van der Waals surface area contributed by atoms with Gasteiger partial charge in [0.25, 0.3) is 0 Å². The number of halogens is 3. The number of methoxy groups -OCH3 is 1. The van der Waals surface area contributed by atoms with Crippen molar-refractivity contribution in [1.82, 2.24) is 4.98 Å². The van der Waals surface area contributed by atoms with Crippen LogP contribution in [0.1, 0.15) is 16.8 Å². The smallest absolute Gasteiger partial charge is 0.450 e. The third-order valence-electron chi connectivity index (χ3n) is 1.90. The number of rotatable bonds is 4. The number of alkyl halides is 3. The minimum absolute atomic E-state index is 0.0663. The number of aromatic nitrogens is 1. The Bertz CT molecular complexity index is 425. The van der Waals surface area contributed by atoms with Crippen LogP contribution in [0.25, 0.3) is 0 Å². The molecule has 7 heteroatoms. The van der Waals surface area contributed by atoms with Crippen molar-refractivity contribution >= 4 is 11.6 Å². The maximum Gasteiger partial charge on any atom is 0.450 e. The van der Waals surface area contributed by atoms with Crippen LogP contribution in [0.5, 0.6) is 5.88 Å². The molecule has 1 aromatic heterocycles. The molecular weight excluding hydrogens is 239 g/mol. The molecule has 0 unspecified atom stereocenters. The van der Waals surface area contributed by atoms with Crippen molar-refractivity contribution in [2.75, 3.05) is 7.11 Å². The van der Waals surface area contributed by atoms with Gasteiger partial charge in [0, 0.05) is 17.8 Å². The number of hydrogen-bond acceptors (Lipinski definition) is 4. The fraction of sp³-hybridized carbons (Fsp3) is 0.300. The molecule has 0 aliphatic carbocycles. The van der Waals surface area contributed by atoms with Gasteiger partial charge in [-0.15, -0.1) is 0 Å². The molecule has 0 fully saturated rings. The number of nitrogens with zero attached hydrogens (tertiary/aromatic N) is 1. The number of Topliss-reactive ketones (excluding diaryl/α,β-unsaturated/α-hetero) is 2. The van der Waals surface area contributed by atoms with Crippen LogP contribution in [0.15, 0.2) is 18.3 Å². The first-order valence-corrected chi connectivity index (χ1v) is 4.48. The molecule has 92 valence electrons. The highest BCUT2D eigenvalue weighted by atomic mass is 19.4. The first-order chi connectivity index (χ1) is 7.84. The Morgan fingerprint density at radius 1 is 1.35 bits per heavy atom. The Morgan fingerprint density at radius 3 is 2.41 bits per heavy atom. The second kappa shape index (κ2) is 4.94. The fourth-order valence-electron chi connectivity index (χ4n) is 1.01. The minimum atomic E-state index is -4.99. The molecule has 0 radical (unpaired) electrons. The average Bonchev–Trinajstić information content (AvgIpc) is 2.27. The maximum absolute atomic E-state index is 11.9. The molecule has 0 N–H and O–H groups in total. The zero-order valence-corrected chi connectivity index (χ0v) is 8.75. The van der Waals surface area contributed by atoms with Gasteiger partial charge in [-0.3, -0.25) is 9.59 Å². The second-order valence-electron chi connectivity index (χ2n) is 3.11. The van der Waals surface area contributed by atoms with Crippen LogP contribution < -0.4 is 4.74 Å². The van der Waals surface area contributed by atoms with E-state index in [-0.39, 0.29) is 11.4 Å². The number of ketones is 2. The van der Waals surface area contributed by atoms with Crippen LogP contribution in [-0.2, 0) is 4.79 Å². The highest BCUT2D eigenvalue weighted by Gasteiger charge is 2.39. The zero-order valence-electron chi connectivity index (χ0n) is 8.75. The predicted octanol–water partition coefficient (Wildman–Crippen LogP) is 1.79. The molecule has 0 aliphatic rings. The van der Waals surface area contributed by atoms with Crippen LogP contribution in [0, 0.1) is 0 Å². The van der Waals surface area contributed by atoms with E-state index in [1.54, 1.807) is 0 Å². The summed E-state index contributed by atoms with van der Waals surface area (Å²) >= 11 is 0. The molecule has 4 nitrogen and oxygen atoms in total. The first kappa shape index (κ1) is 13.1. The molecule has 0 saturated heterocycles. The second-order valence-corrected chi connectivity index (χ2v) is 3.11. The molecule has 1 heterocycles. The summed E-state index contributed by atoms with van der Waals surface area (Å²) in [5.74, 6) is -2.77. The molecular formula is C10H8F3NO3. The van der Waals surface area contributed by atoms with Crippen molar-refractivity contribution in [2.45, 2.75) is 12.6 Å². The summed E-state index contributed by atoms with van der Waals surface area (Å²) in [4.78, 5) is 25.5. The van der Waals surface area contributed by atoms with Gasteiger partial charge >= 0.3 is 6.18 Å². The van der Waals surface area contributed by atoms with Gasteiger partial charge in [0.15, 0.2) is 5.78 Å². The summed E-state index contributed by atoms with van der Waals surface area (Å²) in [7, 11) is 1.36. The summed E-state index contributed by atoms with van der Waals surface area (Å²) in [6.07, 6.45) is -5.14. The van der Waals surface area contributed by atoms with Gasteiger partial charge in [-0.1, -0.05) is 0 Å². The van der Waals surface area contributed by atoms with Crippen LogP contribution >= 0.6 is 0 Å². The first-order valence-electron chi connectivity index (χ1n) is 4.48. The van der Waals surface area contributed by atoms with E-state index in [9.17, 15) is 22.8 Å². The highest BCUT2D eigenvalue weighted by molar-refractivity contribution is 6.09. The number of ether oxygens (including phenoxy) is 1. The molecule has 0 saturated carbocycles. The number of carbonyl (C=O) groups excluding carboxylic acids is 2. The molecule has 0 aromatic carbocycles. The zero-order chi connectivity index (χ0) is 13.1. The quantitative estimate of drug-likeness (QED) is 0.601. The summed E-state index contributed by atoms with van der Waals surface area (Å²) in [6.45, 7) is 0. The Labute approximate surface area is 94.4 Å². The Hall–Kier alpha value is -1.92. The van der Waals surface area contributed by atoms with Gasteiger partial charge < -0.3 is 4.74 Å². The molecule has 17 heavy (non-hydrogen) atoms. The largest absolute Gasteiger partial charge is 0.481 e. The van der Waals surface area contributed by atoms with E-state index in [0.717, 1.165) is 6.20 Å². The van der Waals surface area contributed by atoms with Crippen LogP contribution in [0.3, 0.4) is 0 Å². The van der Waals surface area contributed by atoms with Crippen molar-refractivity contribution in [3.05, 3.63) is 23.9 Å². The van der Waals surface area contributed by atoms with Crippen molar-refractivity contribution in [3.63, 3.8) is 0 Å². The Balaban J connectivity index is 2.73. The van der Waals surface area contributed by atoms with Crippen molar-refractivity contribution in [1.29, 1.82) is 0 Å². The molecule has 0 bridgehead atoms. The monoisotopic (exact) mass is 247 g/mol. The van der Waals surface area contributed by atoms with E-state index in [4.69, 9.17) is 4.74 Å². The van der Waals surface area contributed by atoms with E-state index >= 15 is 0 Å². The molecule has 0 aliphatic heterocycles. The van der Waals surface area contributed by atoms with Crippen LogP contribution in [0.4, 0.5) is 13.2 Å². The molecule has 0 amide bonds. The van der Waals surface area contributed by atoms with Crippen molar-refractivity contribution in [2.24, 2.45) is 0 Å². The highest BCUT2D eigenvalue weighted by Crippen LogP contribution is 2.19. The van der Waals surface area contributed by atoms with Gasteiger partial charge in [0.2, 0.25) is 11.7 Å². The SMILES string of the molecule is COc1ccc(C(=O)CC(=O)C(F)(F)F)cn1. The van der Waals surface area contributed by atoms with E-state index in [1.165, 1.54) is 19.2 Å². The topological polar surface area (TPSA) is 56.3 Å². The van der Waals surface area contributed by atoms with Crippen LogP contribution in [0.2, 0.25) is 0 Å². The van der Waals surface area contributed by atoms with E-state index in [0.29, 0.717) is 0 Å². The normalized spacial score (nSPS) is 11.1. The van der Waals surface area contributed by atoms with E-state index < -0.39 is 24.2 Å². The third kappa shape index (κ3) is 3.54. The molecule has 0 spiro atoms. The lowest BCUT2D eigenvalue weighted by Gasteiger charge is -2.04. The van der Waals surface area contributed by atoms with Crippen molar-refractivity contribution < 1.29 is 27.5 Å². The summed E-state index contributed by atoms with van der Waals surface area (Å²) < 4.78 is 40.4. The lowest BCUT2D eigenvalue weighted by Crippen LogP contribution is -2.25. The average molecular weight is 247 g/mol. The molecule has 0 atom stereocenters. The summed E-state index contributed by atoms with van der Waals surface area (Å²) in [5, 5.41) is 0. The van der Waals surface area contributed by atoms with E-state index in [1.807, 2.05) is 0 Å². The molecule has 1 aromatic rings. The lowest BCUT2D eigenvalue weighted by molar-refractivity contribution is -0.170. The van der Waals surface area contributed by atoms with Gasteiger partial charge in [-0.25, -0.2) is 4.98 Å². The standard InChI is InChI=1S/C10H8F3NO3/c1-17-9-3-2-6(5-14-9)7(15)4-8(16)10(11,12)13/h2-3,5H,4H2,1H3. The number of hydrogen-bond donors (Lipinski definition) is 0. The van der Waals surface area contributed by atoms with Gasteiger partial charge in [-0.2, -0.15) is 13.2 Å². The fourth-order valence-corrected chi connectivity index (χ4v) is 1.01. The van der Waals surface area contributed by atoms with E-state index in [2.05, 4.69) is 4.98 Å². The molecule has 1 rings (SSSR count). The van der Waals surface area contributed by atoms with Gasteiger partial charge in [-0.05, 0) is 6.07 Å². The van der Waals surface area contributed by atoms with Crippen molar-refractivity contribution in [3.8, 4) is 5.88 Å². The van der Waals surface area contributed by atoms with Crippen LogP contribution in [-0.4, -0.2) is 29.8 Å². The number of pyridine rings is 1. The number of carbonyl (C=O) groups is 2. The lowest BCUT2D eigenvalue weighted by atomic mass is 10.1.